The van der Waals surface area contributed by atoms with E-state index in [4.69, 9.17) is 21.1 Å². The van der Waals surface area contributed by atoms with Gasteiger partial charge in [-0.05, 0) is 56.7 Å². The lowest BCUT2D eigenvalue weighted by atomic mass is 9.91. The minimum Gasteiger partial charge on any atom is -0.497 e. The Hall–Kier alpha value is -0.730. The summed E-state index contributed by atoms with van der Waals surface area (Å²) in [5.41, 5.74) is 1.24. The molecule has 0 aromatic heterocycles. The van der Waals surface area contributed by atoms with Gasteiger partial charge in [-0.1, -0.05) is 12.1 Å². The third-order valence-corrected chi connectivity index (χ3v) is 4.05. The van der Waals surface area contributed by atoms with Crippen LogP contribution in [0.5, 0.6) is 5.75 Å². The molecule has 19 heavy (non-hydrogen) atoms. The Kier molecular flexibility index (Phi) is 6.67. The molecule has 2 nitrogen and oxygen atoms in total. The molecule has 0 fully saturated rings. The van der Waals surface area contributed by atoms with E-state index in [0.717, 1.165) is 25.0 Å². The Bertz CT molecular complexity index is 360. The summed E-state index contributed by atoms with van der Waals surface area (Å²) in [4.78, 5) is 0. The largest absolute Gasteiger partial charge is 0.497 e. The second-order valence-corrected chi connectivity index (χ2v) is 5.88. The summed E-state index contributed by atoms with van der Waals surface area (Å²) >= 11 is 6.08. The Morgan fingerprint density at radius 3 is 2.26 bits per heavy atom. The van der Waals surface area contributed by atoms with Gasteiger partial charge in [0.25, 0.3) is 0 Å². The molecule has 1 aromatic rings. The van der Waals surface area contributed by atoms with Crippen LogP contribution in [0, 0.1) is 5.92 Å². The molecule has 0 radical (unpaired) electrons. The summed E-state index contributed by atoms with van der Waals surface area (Å²) < 4.78 is 10.6. The van der Waals surface area contributed by atoms with Crippen molar-refractivity contribution >= 4 is 11.6 Å². The maximum atomic E-state index is 6.08. The highest BCUT2D eigenvalue weighted by Gasteiger charge is 2.19. The zero-order chi connectivity index (χ0) is 14.3. The summed E-state index contributed by atoms with van der Waals surface area (Å²) in [5.74, 6) is 2.07. The number of methoxy groups -OCH3 is 2. The van der Waals surface area contributed by atoms with Gasteiger partial charge in [0.2, 0.25) is 0 Å². The lowest BCUT2D eigenvalue weighted by Gasteiger charge is -2.25. The maximum absolute atomic E-state index is 6.08. The molecular formula is C16H25ClO2. The van der Waals surface area contributed by atoms with E-state index in [2.05, 4.69) is 26.0 Å². The number of alkyl halides is 1. The highest BCUT2D eigenvalue weighted by atomic mass is 35.5. The van der Waals surface area contributed by atoms with E-state index in [9.17, 15) is 0 Å². The van der Waals surface area contributed by atoms with Crippen LogP contribution in [-0.4, -0.2) is 25.7 Å². The number of halogens is 1. The number of hydrogen-bond acceptors (Lipinski definition) is 2. The van der Waals surface area contributed by atoms with Crippen molar-refractivity contribution in [3.8, 4) is 5.75 Å². The molecule has 108 valence electrons. The van der Waals surface area contributed by atoms with Crippen LogP contribution in [0.3, 0.4) is 0 Å². The van der Waals surface area contributed by atoms with Gasteiger partial charge < -0.3 is 9.47 Å². The predicted octanol–water partition coefficient (Wildman–Crippen LogP) is 4.30. The van der Waals surface area contributed by atoms with Crippen LogP contribution in [0.1, 0.15) is 32.3 Å². The summed E-state index contributed by atoms with van der Waals surface area (Å²) in [6, 6.07) is 8.22. The van der Waals surface area contributed by atoms with Gasteiger partial charge in [-0.15, -0.1) is 11.6 Å². The molecule has 0 aliphatic rings. The Morgan fingerprint density at radius 1 is 1.16 bits per heavy atom. The van der Waals surface area contributed by atoms with Crippen molar-refractivity contribution < 1.29 is 9.47 Å². The van der Waals surface area contributed by atoms with Crippen LogP contribution in [0.4, 0.5) is 0 Å². The van der Waals surface area contributed by atoms with E-state index in [1.54, 1.807) is 14.2 Å². The summed E-state index contributed by atoms with van der Waals surface area (Å²) in [5, 5.41) is 0. The molecule has 0 aliphatic heterocycles. The van der Waals surface area contributed by atoms with Crippen LogP contribution in [0.25, 0.3) is 0 Å². The molecule has 1 rings (SSSR count). The first-order chi connectivity index (χ1) is 9.00. The molecule has 1 unspecified atom stereocenters. The van der Waals surface area contributed by atoms with Gasteiger partial charge in [-0.25, -0.2) is 0 Å². The van der Waals surface area contributed by atoms with Crippen molar-refractivity contribution in [2.45, 2.75) is 38.7 Å². The van der Waals surface area contributed by atoms with Crippen LogP contribution < -0.4 is 4.74 Å². The monoisotopic (exact) mass is 284 g/mol. The van der Waals surface area contributed by atoms with E-state index in [-0.39, 0.29) is 5.60 Å². The van der Waals surface area contributed by atoms with Crippen molar-refractivity contribution in [1.82, 2.24) is 0 Å². The zero-order valence-electron chi connectivity index (χ0n) is 12.4. The van der Waals surface area contributed by atoms with E-state index in [1.807, 2.05) is 12.1 Å². The average Bonchev–Trinajstić information content (AvgIpc) is 2.44. The van der Waals surface area contributed by atoms with Gasteiger partial charge in [0.15, 0.2) is 0 Å². The van der Waals surface area contributed by atoms with E-state index < -0.39 is 0 Å². The quantitative estimate of drug-likeness (QED) is 0.663. The SMILES string of the molecule is COc1ccc(CC(CCl)CCC(C)(C)OC)cc1. The van der Waals surface area contributed by atoms with Crippen LogP contribution in [0.15, 0.2) is 24.3 Å². The molecular weight excluding hydrogens is 260 g/mol. The van der Waals surface area contributed by atoms with Crippen LogP contribution in [-0.2, 0) is 11.2 Å². The van der Waals surface area contributed by atoms with Gasteiger partial charge in [0, 0.05) is 13.0 Å². The maximum Gasteiger partial charge on any atom is 0.118 e. The molecule has 0 bridgehead atoms. The molecule has 0 spiro atoms. The topological polar surface area (TPSA) is 18.5 Å². The Balaban J connectivity index is 2.51. The lowest BCUT2D eigenvalue weighted by molar-refractivity contribution is 0.0110. The molecule has 0 aliphatic carbocycles. The van der Waals surface area contributed by atoms with Gasteiger partial charge >= 0.3 is 0 Å². The molecule has 3 heteroatoms. The van der Waals surface area contributed by atoms with Crippen molar-refractivity contribution in [3.05, 3.63) is 29.8 Å². The number of rotatable bonds is 8. The lowest BCUT2D eigenvalue weighted by Crippen LogP contribution is -2.24. The Labute approximate surface area is 122 Å². The van der Waals surface area contributed by atoms with Gasteiger partial charge in [0.1, 0.15) is 5.75 Å². The zero-order valence-corrected chi connectivity index (χ0v) is 13.2. The fraction of sp³-hybridized carbons (Fsp3) is 0.625. The van der Waals surface area contributed by atoms with E-state index in [1.165, 1.54) is 5.56 Å². The minimum absolute atomic E-state index is 0.0653. The van der Waals surface area contributed by atoms with E-state index >= 15 is 0 Å². The number of benzene rings is 1. The van der Waals surface area contributed by atoms with Gasteiger partial charge in [0.05, 0.1) is 12.7 Å². The van der Waals surface area contributed by atoms with Crippen LogP contribution in [0.2, 0.25) is 0 Å². The second kappa shape index (κ2) is 7.76. The van der Waals surface area contributed by atoms with Gasteiger partial charge in [-0.2, -0.15) is 0 Å². The molecule has 1 aromatic carbocycles. The van der Waals surface area contributed by atoms with Crippen LogP contribution >= 0.6 is 11.6 Å². The van der Waals surface area contributed by atoms with Crippen molar-refractivity contribution in [3.63, 3.8) is 0 Å². The minimum atomic E-state index is -0.0653. The second-order valence-electron chi connectivity index (χ2n) is 5.58. The fourth-order valence-electron chi connectivity index (χ4n) is 1.98. The molecule has 0 heterocycles. The number of hydrogen-bond donors (Lipinski definition) is 0. The molecule has 0 amide bonds. The smallest absolute Gasteiger partial charge is 0.118 e. The van der Waals surface area contributed by atoms with Gasteiger partial charge in [-0.3, -0.25) is 0 Å². The van der Waals surface area contributed by atoms with Crippen molar-refractivity contribution in [2.24, 2.45) is 5.92 Å². The standard InChI is InChI=1S/C16H25ClO2/c1-16(2,19-4)10-9-14(12-17)11-13-5-7-15(18-3)8-6-13/h5-8,14H,9-12H2,1-4H3. The number of ether oxygens (including phenoxy) is 2. The fourth-order valence-corrected chi connectivity index (χ4v) is 2.25. The average molecular weight is 285 g/mol. The first-order valence-corrected chi connectivity index (χ1v) is 7.28. The highest BCUT2D eigenvalue weighted by molar-refractivity contribution is 6.18. The van der Waals surface area contributed by atoms with Crippen molar-refractivity contribution in [1.29, 1.82) is 0 Å². The third-order valence-electron chi connectivity index (χ3n) is 3.61. The molecule has 0 saturated heterocycles. The normalized spacial score (nSPS) is 13.3. The van der Waals surface area contributed by atoms with E-state index in [0.29, 0.717) is 11.8 Å². The first-order valence-electron chi connectivity index (χ1n) is 6.75. The summed E-state index contributed by atoms with van der Waals surface area (Å²) in [7, 11) is 3.45. The highest BCUT2D eigenvalue weighted by Crippen LogP contribution is 2.23. The molecule has 1 atom stereocenters. The third kappa shape index (κ3) is 5.84. The molecule has 0 saturated carbocycles. The Morgan fingerprint density at radius 2 is 1.79 bits per heavy atom. The molecule has 0 N–H and O–H groups in total. The summed E-state index contributed by atoms with van der Waals surface area (Å²) in [6.45, 7) is 4.23. The summed E-state index contributed by atoms with van der Waals surface area (Å²) in [6.07, 6.45) is 3.11. The van der Waals surface area contributed by atoms with Crippen molar-refractivity contribution in [2.75, 3.05) is 20.1 Å². The first kappa shape index (κ1) is 16.3. The predicted molar refractivity (Wildman–Crippen MR) is 81.2 cm³/mol.